The third kappa shape index (κ3) is 5.24. The summed E-state index contributed by atoms with van der Waals surface area (Å²) in [6.45, 7) is 0. The van der Waals surface area contributed by atoms with E-state index in [2.05, 4.69) is 216 Å². The lowest BCUT2D eigenvalue weighted by atomic mass is 10.0. The molecule has 0 spiro atoms. The number of nitrogens with zero attached hydrogens (tertiary/aromatic N) is 2. The number of para-hydroxylation sites is 2. The summed E-state index contributed by atoms with van der Waals surface area (Å²) < 4.78 is 5.09. The fourth-order valence-electron chi connectivity index (χ4n) is 8.41. The second-order valence-corrected chi connectivity index (χ2v) is 15.2. The van der Waals surface area contributed by atoms with Crippen molar-refractivity contribution in [2.75, 3.05) is 4.90 Å². The second-order valence-electron chi connectivity index (χ2n) is 14.1. The molecule has 0 radical (unpaired) electrons. The van der Waals surface area contributed by atoms with Crippen molar-refractivity contribution in [2.24, 2.45) is 0 Å². The number of aromatic nitrogens is 1. The first-order chi connectivity index (χ1) is 27.3. The van der Waals surface area contributed by atoms with E-state index in [1.165, 1.54) is 80.7 Å². The van der Waals surface area contributed by atoms with E-state index in [0.29, 0.717) is 0 Å². The molecule has 0 unspecified atom stereocenters. The van der Waals surface area contributed by atoms with E-state index in [4.69, 9.17) is 0 Å². The summed E-state index contributed by atoms with van der Waals surface area (Å²) in [5, 5.41) is 7.65. The van der Waals surface area contributed by atoms with Crippen LogP contribution in [0, 0.1) is 0 Å². The third-order valence-electron chi connectivity index (χ3n) is 11.0. The number of thiophene rings is 1. The van der Waals surface area contributed by atoms with Crippen LogP contribution in [0.3, 0.4) is 0 Å². The molecule has 11 aromatic rings. The quantitative estimate of drug-likeness (QED) is 0.166. The van der Waals surface area contributed by atoms with Gasteiger partial charge in [-0.1, -0.05) is 140 Å². The van der Waals surface area contributed by atoms with E-state index in [9.17, 15) is 0 Å². The molecule has 0 aliphatic rings. The van der Waals surface area contributed by atoms with Gasteiger partial charge in [-0.15, -0.1) is 11.3 Å². The lowest BCUT2D eigenvalue weighted by Crippen LogP contribution is -2.09. The molecule has 55 heavy (non-hydrogen) atoms. The minimum absolute atomic E-state index is 1.11. The lowest BCUT2D eigenvalue weighted by molar-refractivity contribution is 1.20. The van der Waals surface area contributed by atoms with Gasteiger partial charge in [-0.3, -0.25) is 0 Å². The smallest absolute Gasteiger partial charge is 0.0541 e. The van der Waals surface area contributed by atoms with Crippen LogP contribution in [0.1, 0.15) is 0 Å². The summed E-state index contributed by atoms with van der Waals surface area (Å²) in [5.41, 5.74) is 11.9. The zero-order valence-corrected chi connectivity index (χ0v) is 30.7. The van der Waals surface area contributed by atoms with Crippen LogP contribution < -0.4 is 4.90 Å². The van der Waals surface area contributed by atoms with Crippen molar-refractivity contribution >= 4 is 81.1 Å². The van der Waals surface area contributed by atoms with Gasteiger partial charge in [-0.25, -0.2) is 0 Å². The molecule has 0 N–H and O–H groups in total. The molecule has 0 aliphatic carbocycles. The van der Waals surface area contributed by atoms with Gasteiger partial charge in [0, 0.05) is 53.4 Å². The average molecular weight is 719 g/mol. The highest BCUT2D eigenvalue weighted by Gasteiger charge is 2.17. The van der Waals surface area contributed by atoms with Gasteiger partial charge < -0.3 is 9.47 Å². The van der Waals surface area contributed by atoms with Crippen LogP contribution in [-0.2, 0) is 0 Å². The average Bonchev–Trinajstić information content (AvgIpc) is 3.80. The second kappa shape index (κ2) is 12.9. The van der Waals surface area contributed by atoms with Gasteiger partial charge in [0.1, 0.15) is 0 Å². The number of benzene rings is 9. The van der Waals surface area contributed by atoms with Gasteiger partial charge in [0.15, 0.2) is 0 Å². The van der Waals surface area contributed by atoms with Gasteiger partial charge in [-0.05, 0) is 94.4 Å². The fourth-order valence-corrected chi connectivity index (χ4v) is 9.65. The molecule has 0 aliphatic heterocycles. The number of hydrogen-bond donors (Lipinski definition) is 0. The normalized spacial score (nSPS) is 11.6. The maximum atomic E-state index is 2.42. The van der Waals surface area contributed by atoms with E-state index in [0.717, 1.165) is 17.1 Å². The van der Waals surface area contributed by atoms with Crippen LogP contribution in [-0.4, -0.2) is 4.57 Å². The minimum Gasteiger partial charge on any atom is -0.311 e. The monoisotopic (exact) mass is 718 g/mol. The SMILES string of the molecule is c1ccc(N(c2ccc(-c3ccc4c(c3)c3ccccc3n4-c3cccc4ccccc34)cc2)c2ccc(-c3cccc4c3sc3ccccc34)cc2)cc1. The summed E-state index contributed by atoms with van der Waals surface area (Å²) in [6.07, 6.45) is 0. The van der Waals surface area contributed by atoms with E-state index in [1.54, 1.807) is 0 Å². The Bertz CT molecular complexity index is 3180. The molecule has 0 fully saturated rings. The van der Waals surface area contributed by atoms with Crippen LogP contribution in [0.2, 0.25) is 0 Å². The topological polar surface area (TPSA) is 8.17 Å². The summed E-state index contributed by atoms with van der Waals surface area (Å²) in [5.74, 6) is 0. The molecule has 3 heteroatoms. The van der Waals surface area contributed by atoms with Gasteiger partial charge in [0.2, 0.25) is 0 Å². The molecule has 9 aromatic carbocycles. The highest BCUT2D eigenvalue weighted by Crippen LogP contribution is 2.42. The lowest BCUT2D eigenvalue weighted by Gasteiger charge is -2.26. The Kier molecular flexibility index (Phi) is 7.39. The Balaban J connectivity index is 0.970. The van der Waals surface area contributed by atoms with E-state index in [1.807, 2.05) is 11.3 Å². The van der Waals surface area contributed by atoms with Crippen molar-refractivity contribution in [3.8, 4) is 27.9 Å². The van der Waals surface area contributed by atoms with Crippen molar-refractivity contribution < 1.29 is 0 Å². The van der Waals surface area contributed by atoms with Gasteiger partial charge >= 0.3 is 0 Å². The van der Waals surface area contributed by atoms with Crippen LogP contribution in [0.4, 0.5) is 17.1 Å². The molecule has 0 bridgehead atoms. The molecule has 0 saturated carbocycles. The van der Waals surface area contributed by atoms with E-state index in [-0.39, 0.29) is 0 Å². The highest BCUT2D eigenvalue weighted by molar-refractivity contribution is 7.26. The predicted molar refractivity (Wildman–Crippen MR) is 237 cm³/mol. The van der Waals surface area contributed by atoms with Crippen LogP contribution in [0.25, 0.3) is 80.7 Å². The maximum Gasteiger partial charge on any atom is 0.0541 e. The predicted octanol–water partition coefficient (Wildman–Crippen LogP) is 15.1. The molecular weight excluding hydrogens is 685 g/mol. The Labute approximate surface area is 323 Å². The Hall–Kier alpha value is -6.94. The van der Waals surface area contributed by atoms with E-state index >= 15 is 0 Å². The first kappa shape index (κ1) is 31.6. The summed E-state index contributed by atoms with van der Waals surface area (Å²) in [4.78, 5) is 2.34. The van der Waals surface area contributed by atoms with Crippen molar-refractivity contribution in [1.29, 1.82) is 0 Å². The Morgan fingerprint density at radius 3 is 1.76 bits per heavy atom. The molecule has 0 saturated heterocycles. The Morgan fingerprint density at radius 2 is 0.945 bits per heavy atom. The Morgan fingerprint density at radius 1 is 0.364 bits per heavy atom. The molecule has 0 atom stereocenters. The molecule has 0 amide bonds. The maximum absolute atomic E-state index is 2.42. The minimum atomic E-state index is 1.11. The first-order valence-corrected chi connectivity index (χ1v) is 19.6. The standard InChI is InChI=1S/C52H34N2S/c1-2-14-39(15-3-1)53(41-31-26-37(27-32-41)43-19-11-20-46-45-18-7-9-23-51(45)55-52(43)46)40-29-24-35(25-30-40)38-28-33-50-47(34-38)44-17-6-8-21-49(44)54(50)48-22-10-13-36-12-4-5-16-42(36)48/h1-34H. The van der Waals surface area contributed by atoms with Crippen molar-refractivity contribution in [1.82, 2.24) is 4.57 Å². The fraction of sp³-hybridized carbons (Fsp3) is 0. The van der Waals surface area contributed by atoms with Crippen molar-refractivity contribution in [3.63, 3.8) is 0 Å². The highest BCUT2D eigenvalue weighted by atomic mass is 32.1. The van der Waals surface area contributed by atoms with Crippen LogP contribution in [0.15, 0.2) is 206 Å². The molecule has 2 nitrogen and oxygen atoms in total. The van der Waals surface area contributed by atoms with Gasteiger partial charge in [0.05, 0.1) is 16.7 Å². The molecule has 2 aromatic heterocycles. The summed E-state index contributed by atoms with van der Waals surface area (Å²) in [7, 11) is 0. The third-order valence-corrected chi connectivity index (χ3v) is 12.2. The zero-order valence-electron chi connectivity index (χ0n) is 29.9. The summed E-state index contributed by atoms with van der Waals surface area (Å²) >= 11 is 1.88. The largest absolute Gasteiger partial charge is 0.311 e. The molecular formula is C52H34N2S. The molecule has 258 valence electrons. The van der Waals surface area contributed by atoms with Gasteiger partial charge in [0.25, 0.3) is 0 Å². The number of fused-ring (bicyclic) bond motifs is 7. The number of hydrogen-bond acceptors (Lipinski definition) is 2. The van der Waals surface area contributed by atoms with E-state index < -0.39 is 0 Å². The van der Waals surface area contributed by atoms with Crippen molar-refractivity contribution in [3.05, 3.63) is 206 Å². The molecule has 2 heterocycles. The number of anilines is 3. The van der Waals surface area contributed by atoms with Crippen LogP contribution >= 0.6 is 11.3 Å². The summed E-state index contributed by atoms with van der Waals surface area (Å²) in [6, 6.07) is 75.0. The van der Waals surface area contributed by atoms with Crippen molar-refractivity contribution in [2.45, 2.75) is 0 Å². The first-order valence-electron chi connectivity index (χ1n) is 18.8. The van der Waals surface area contributed by atoms with Gasteiger partial charge in [-0.2, -0.15) is 0 Å². The number of rotatable bonds is 6. The van der Waals surface area contributed by atoms with Crippen LogP contribution in [0.5, 0.6) is 0 Å². The molecule has 11 rings (SSSR count). The zero-order chi connectivity index (χ0) is 36.3.